The molecular weight excluding hydrogens is 475 g/mol. The Balaban J connectivity index is 1.83. The van der Waals surface area contributed by atoms with Crippen molar-refractivity contribution in [2.45, 2.75) is 44.6 Å². The minimum absolute atomic E-state index is 0.0115. The van der Waals surface area contributed by atoms with Crippen LogP contribution in [0.4, 0.5) is 4.39 Å². The van der Waals surface area contributed by atoms with Gasteiger partial charge in [0.1, 0.15) is 17.6 Å². The molecule has 0 saturated carbocycles. The lowest BCUT2D eigenvalue weighted by Crippen LogP contribution is -2.52. The first-order chi connectivity index (χ1) is 17.4. The zero-order valence-electron chi connectivity index (χ0n) is 20.9. The maximum Gasteiger partial charge on any atom is 0.243 e. The van der Waals surface area contributed by atoms with Crippen LogP contribution in [0.25, 0.3) is 0 Å². The number of nitrogens with zero attached hydrogens (tertiary/aromatic N) is 1. The molecule has 0 unspecified atom stereocenters. The molecule has 0 fully saturated rings. The van der Waals surface area contributed by atoms with Gasteiger partial charge in [-0.15, -0.1) is 11.8 Å². The number of methoxy groups -OCH3 is 1. The van der Waals surface area contributed by atoms with E-state index in [1.54, 1.807) is 25.3 Å². The molecular formula is C29H33FN2O3S. The summed E-state index contributed by atoms with van der Waals surface area (Å²) >= 11 is 1.46. The lowest BCUT2D eigenvalue weighted by molar-refractivity contribution is -0.139. The highest BCUT2D eigenvalue weighted by molar-refractivity contribution is 7.99. The molecule has 0 bridgehead atoms. The predicted molar refractivity (Wildman–Crippen MR) is 143 cm³/mol. The number of carbonyl (C=O) groups excluding carboxylic acids is 2. The van der Waals surface area contributed by atoms with E-state index in [-0.39, 0.29) is 30.2 Å². The molecule has 0 heterocycles. The van der Waals surface area contributed by atoms with Crippen LogP contribution in [-0.2, 0) is 28.3 Å². The summed E-state index contributed by atoms with van der Waals surface area (Å²) in [5.41, 5.74) is 2.37. The van der Waals surface area contributed by atoms with E-state index >= 15 is 0 Å². The Morgan fingerprint density at radius 2 is 1.61 bits per heavy atom. The number of nitrogens with one attached hydrogen (secondary N) is 1. The van der Waals surface area contributed by atoms with Crippen LogP contribution in [0, 0.1) is 5.82 Å². The summed E-state index contributed by atoms with van der Waals surface area (Å²) < 4.78 is 19.8. The standard InChI is InChI=1S/C29H33FN2O3S/c1-21(2)31-29(34)27(17-22-9-5-4-6-10-22)32(18-24-11-7-8-12-26(24)30)28(33)20-36-19-23-13-15-25(35-3)16-14-23/h4-16,21,27H,17-20H2,1-3H3,(H,31,34)/t27-/m1/s1. The SMILES string of the molecule is COc1ccc(CSCC(=O)N(Cc2ccccc2F)[C@H](Cc2ccccc2)C(=O)NC(C)C)cc1. The van der Waals surface area contributed by atoms with Crippen LogP contribution in [0.3, 0.4) is 0 Å². The van der Waals surface area contributed by atoms with E-state index in [2.05, 4.69) is 5.32 Å². The molecule has 2 amide bonds. The van der Waals surface area contributed by atoms with Crippen molar-refractivity contribution in [3.05, 3.63) is 101 Å². The van der Waals surface area contributed by atoms with Gasteiger partial charge in [0.05, 0.1) is 12.9 Å². The van der Waals surface area contributed by atoms with Gasteiger partial charge in [0.2, 0.25) is 11.8 Å². The second-order valence-electron chi connectivity index (χ2n) is 8.82. The van der Waals surface area contributed by atoms with Crippen LogP contribution >= 0.6 is 11.8 Å². The van der Waals surface area contributed by atoms with E-state index in [0.29, 0.717) is 17.7 Å². The molecule has 1 N–H and O–H groups in total. The number of hydrogen-bond donors (Lipinski definition) is 1. The summed E-state index contributed by atoms with van der Waals surface area (Å²) in [6, 6.07) is 22.8. The fourth-order valence-electron chi connectivity index (χ4n) is 3.81. The average Bonchev–Trinajstić information content (AvgIpc) is 2.87. The first kappa shape index (κ1) is 27.3. The van der Waals surface area contributed by atoms with Crippen LogP contribution in [0.5, 0.6) is 5.75 Å². The topological polar surface area (TPSA) is 58.6 Å². The Hall–Kier alpha value is -3.32. The fourth-order valence-corrected chi connectivity index (χ4v) is 4.68. The van der Waals surface area contributed by atoms with Crippen molar-refractivity contribution in [2.75, 3.05) is 12.9 Å². The van der Waals surface area contributed by atoms with E-state index in [9.17, 15) is 14.0 Å². The van der Waals surface area contributed by atoms with Gasteiger partial charge in [0, 0.05) is 30.3 Å². The normalized spacial score (nSPS) is 11.7. The highest BCUT2D eigenvalue weighted by atomic mass is 32.2. The van der Waals surface area contributed by atoms with Crippen molar-refractivity contribution in [1.82, 2.24) is 10.2 Å². The lowest BCUT2D eigenvalue weighted by atomic mass is 10.0. The molecule has 0 spiro atoms. The maximum absolute atomic E-state index is 14.6. The summed E-state index contributed by atoms with van der Waals surface area (Å²) in [5, 5.41) is 2.95. The van der Waals surface area contributed by atoms with Crippen molar-refractivity contribution in [3.63, 3.8) is 0 Å². The molecule has 3 aromatic rings. The van der Waals surface area contributed by atoms with E-state index in [4.69, 9.17) is 4.74 Å². The molecule has 0 aliphatic heterocycles. The largest absolute Gasteiger partial charge is 0.497 e. The van der Waals surface area contributed by atoms with Gasteiger partial charge in [-0.2, -0.15) is 0 Å². The summed E-state index contributed by atoms with van der Waals surface area (Å²) in [4.78, 5) is 28.4. The van der Waals surface area contributed by atoms with Gasteiger partial charge in [0.15, 0.2) is 0 Å². The van der Waals surface area contributed by atoms with E-state index < -0.39 is 11.9 Å². The third-order valence-electron chi connectivity index (χ3n) is 5.65. The van der Waals surface area contributed by atoms with Gasteiger partial charge in [-0.1, -0.05) is 60.7 Å². The van der Waals surface area contributed by atoms with Crippen LogP contribution in [-0.4, -0.2) is 41.7 Å². The molecule has 3 aromatic carbocycles. The predicted octanol–water partition coefficient (Wildman–Crippen LogP) is 5.23. The minimum atomic E-state index is -0.775. The fraction of sp³-hybridized carbons (Fsp3) is 0.310. The zero-order valence-corrected chi connectivity index (χ0v) is 21.8. The average molecular weight is 509 g/mol. The highest BCUT2D eigenvalue weighted by Crippen LogP contribution is 2.21. The quantitative estimate of drug-likeness (QED) is 0.364. The molecule has 1 atom stereocenters. The maximum atomic E-state index is 14.6. The number of rotatable bonds is 12. The van der Waals surface area contributed by atoms with Gasteiger partial charge in [-0.05, 0) is 43.2 Å². The van der Waals surface area contributed by atoms with Gasteiger partial charge in [-0.3, -0.25) is 9.59 Å². The summed E-state index contributed by atoms with van der Waals surface area (Å²) in [5.74, 6) is 0.709. The molecule has 190 valence electrons. The van der Waals surface area contributed by atoms with Crippen LogP contribution < -0.4 is 10.1 Å². The van der Waals surface area contributed by atoms with E-state index in [1.165, 1.54) is 22.7 Å². The minimum Gasteiger partial charge on any atom is -0.497 e. The first-order valence-corrected chi connectivity index (χ1v) is 13.1. The first-order valence-electron chi connectivity index (χ1n) is 11.9. The van der Waals surface area contributed by atoms with E-state index in [0.717, 1.165) is 16.9 Å². The van der Waals surface area contributed by atoms with Crippen LogP contribution in [0.1, 0.15) is 30.5 Å². The molecule has 36 heavy (non-hydrogen) atoms. The van der Waals surface area contributed by atoms with Gasteiger partial charge < -0.3 is 15.0 Å². The molecule has 0 radical (unpaired) electrons. The van der Waals surface area contributed by atoms with Crippen molar-refractivity contribution >= 4 is 23.6 Å². The lowest BCUT2D eigenvalue weighted by Gasteiger charge is -2.32. The zero-order chi connectivity index (χ0) is 25.9. The monoisotopic (exact) mass is 508 g/mol. The van der Waals surface area contributed by atoms with Crippen molar-refractivity contribution < 1.29 is 18.7 Å². The Bertz CT molecular complexity index is 1120. The summed E-state index contributed by atoms with van der Waals surface area (Å²) in [7, 11) is 1.62. The summed E-state index contributed by atoms with van der Waals surface area (Å²) in [6.45, 7) is 3.77. The Morgan fingerprint density at radius 3 is 2.25 bits per heavy atom. The van der Waals surface area contributed by atoms with Crippen molar-refractivity contribution in [2.24, 2.45) is 0 Å². The van der Waals surface area contributed by atoms with Crippen LogP contribution in [0.2, 0.25) is 0 Å². The Labute approximate surface area is 217 Å². The second-order valence-corrected chi connectivity index (χ2v) is 9.81. The Kier molecular flexibility index (Phi) is 10.4. The van der Waals surface area contributed by atoms with Gasteiger partial charge in [0.25, 0.3) is 0 Å². The number of ether oxygens (including phenoxy) is 1. The molecule has 0 saturated heterocycles. The summed E-state index contributed by atoms with van der Waals surface area (Å²) in [6.07, 6.45) is 0.336. The number of halogens is 1. The second kappa shape index (κ2) is 13.7. The number of hydrogen-bond acceptors (Lipinski definition) is 4. The molecule has 3 rings (SSSR count). The molecule has 0 aromatic heterocycles. The van der Waals surface area contributed by atoms with Gasteiger partial charge >= 0.3 is 0 Å². The third kappa shape index (κ3) is 8.12. The molecule has 0 aliphatic rings. The number of benzene rings is 3. The van der Waals surface area contributed by atoms with Crippen molar-refractivity contribution in [1.29, 1.82) is 0 Å². The highest BCUT2D eigenvalue weighted by Gasteiger charge is 2.31. The van der Waals surface area contributed by atoms with Crippen molar-refractivity contribution in [3.8, 4) is 5.75 Å². The third-order valence-corrected chi connectivity index (χ3v) is 6.64. The number of amides is 2. The smallest absolute Gasteiger partial charge is 0.243 e. The molecule has 0 aliphatic carbocycles. The molecule has 5 nitrogen and oxygen atoms in total. The number of carbonyl (C=O) groups is 2. The molecule has 7 heteroatoms. The van der Waals surface area contributed by atoms with Gasteiger partial charge in [-0.25, -0.2) is 4.39 Å². The Morgan fingerprint density at radius 1 is 0.944 bits per heavy atom. The number of thioether (sulfide) groups is 1. The van der Waals surface area contributed by atoms with Crippen LogP contribution in [0.15, 0.2) is 78.9 Å². The van der Waals surface area contributed by atoms with E-state index in [1.807, 2.05) is 68.4 Å².